The maximum atomic E-state index is 13.2. The standard InChI is InChI=1S/C27H32ClN3O3/c28-24-14-5-4-13-23(24)26(33)30-22-12-6-10-20(16-22)27(34)31-15-7-11-21(18-31)25(32)29-17-19-8-2-1-3-9-19/h4-6,10,12-14,16,19,21H,1-3,7-9,11,15,17-18H2,(H,29,32)(H,30,33). The number of carbonyl (C=O) groups excluding carboxylic acids is 3. The van der Waals surface area contributed by atoms with Gasteiger partial charge >= 0.3 is 0 Å². The Hall–Kier alpha value is -2.86. The molecule has 34 heavy (non-hydrogen) atoms. The Morgan fingerprint density at radius 3 is 2.53 bits per heavy atom. The van der Waals surface area contributed by atoms with E-state index in [1.54, 1.807) is 53.4 Å². The van der Waals surface area contributed by atoms with Gasteiger partial charge in [-0.2, -0.15) is 0 Å². The summed E-state index contributed by atoms with van der Waals surface area (Å²) in [6, 6.07) is 13.7. The van der Waals surface area contributed by atoms with Gasteiger partial charge in [0, 0.05) is 30.9 Å². The molecule has 1 saturated carbocycles. The van der Waals surface area contributed by atoms with Crippen LogP contribution in [0, 0.1) is 11.8 Å². The summed E-state index contributed by atoms with van der Waals surface area (Å²) in [5.41, 5.74) is 1.38. The lowest BCUT2D eigenvalue weighted by Gasteiger charge is -2.32. The number of carbonyl (C=O) groups is 3. The summed E-state index contributed by atoms with van der Waals surface area (Å²) in [7, 11) is 0. The van der Waals surface area contributed by atoms with Crippen LogP contribution in [0.5, 0.6) is 0 Å². The van der Waals surface area contributed by atoms with Crippen molar-refractivity contribution in [3.8, 4) is 0 Å². The molecule has 2 fully saturated rings. The van der Waals surface area contributed by atoms with E-state index in [4.69, 9.17) is 11.6 Å². The van der Waals surface area contributed by atoms with Crippen LogP contribution in [0.4, 0.5) is 5.69 Å². The number of hydrogen-bond donors (Lipinski definition) is 2. The fourth-order valence-electron chi connectivity index (χ4n) is 4.91. The van der Waals surface area contributed by atoms with Crippen molar-refractivity contribution in [2.24, 2.45) is 11.8 Å². The van der Waals surface area contributed by atoms with Gasteiger partial charge in [0.05, 0.1) is 16.5 Å². The first-order valence-corrected chi connectivity index (χ1v) is 12.6. The average molecular weight is 482 g/mol. The summed E-state index contributed by atoms with van der Waals surface area (Å²) in [6.45, 7) is 1.80. The van der Waals surface area contributed by atoms with E-state index in [-0.39, 0.29) is 23.6 Å². The molecule has 0 spiro atoms. The van der Waals surface area contributed by atoms with Gasteiger partial charge in [0.1, 0.15) is 0 Å². The Kier molecular flexibility index (Phi) is 8.22. The molecular weight excluding hydrogens is 450 g/mol. The van der Waals surface area contributed by atoms with Gasteiger partial charge in [0.15, 0.2) is 0 Å². The minimum absolute atomic E-state index is 0.0591. The zero-order chi connectivity index (χ0) is 23.9. The molecule has 1 aliphatic heterocycles. The fourth-order valence-corrected chi connectivity index (χ4v) is 5.13. The summed E-state index contributed by atoms with van der Waals surface area (Å²) < 4.78 is 0. The fraction of sp³-hybridized carbons (Fsp3) is 0.444. The van der Waals surface area contributed by atoms with Crippen molar-refractivity contribution in [2.75, 3.05) is 25.0 Å². The number of piperidine rings is 1. The molecule has 3 amide bonds. The molecule has 2 aromatic rings. The Morgan fingerprint density at radius 1 is 0.941 bits per heavy atom. The first kappa shape index (κ1) is 24.3. The molecule has 1 saturated heterocycles. The smallest absolute Gasteiger partial charge is 0.257 e. The topological polar surface area (TPSA) is 78.5 Å². The molecular formula is C27H32ClN3O3. The van der Waals surface area contributed by atoms with Crippen molar-refractivity contribution < 1.29 is 14.4 Å². The predicted molar refractivity (Wildman–Crippen MR) is 134 cm³/mol. The van der Waals surface area contributed by atoms with E-state index < -0.39 is 0 Å². The number of anilines is 1. The number of benzene rings is 2. The molecule has 0 bridgehead atoms. The molecule has 0 radical (unpaired) electrons. The van der Waals surface area contributed by atoms with Crippen molar-refractivity contribution >= 4 is 35.0 Å². The molecule has 2 N–H and O–H groups in total. The van der Waals surface area contributed by atoms with E-state index in [2.05, 4.69) is 10.6 Å². The number of halogens is 1. The van der Waals surface area contributed by atoms with Gasteiger partial charge < -0.3 is 15.5 Å². The highest BCUT2D eigenvalue weighted by Gasteiger charge is 2.29. The number of hydrogen-bond acceptors (Lipinski definition) is 3. The maximum absolute atomic E-state index is 13.2. The second-order valence-corrected chi connectivity index (χ2v) is 9.76. The van der Waals surface area contributed by atoms with E-state index in [0.29, 0.717) is 40.8 Å². The number of nitrogens with zero attached hydrogens (tertiary/aromatic N) is 1. The van der Waals surface area contributed by atoms with Crippen LogP contribution < -0.4 is 10.6 Å². The number of likely N-dealkylation sites (tertiary alicyclic amines) is 1. The SMILES string of the molecule is O=C(Nc1cccc(C(=O)N2CCCC(C(=O)NCC3CCCCC3)C2)c1)c1ccccc1Cl. The monoisotopic (exact) mass is 481 g/mol. The third-order valence-electron chi connectivity index (χ3n) is 6.85. The zero-order valence-corrected chi connectivity index (χ0v) is 20.2. The van der Waals surface area contributed by atoms with Crippen LogP contribution in [0.2, 0.25) is 5.02 Å². The zero-order valence-electron chi connectivity index (χ0n) is 19.4. The van der Waals surface area contributed by atoms with Gasteiger partial charge in [-0.15, -0.1) is 0 Å². The Labute approximate surface area is 206 Å². The summed E-state index contributed by atoms with van der Waals surface area (Å²) in [4.78, 5) is 40.3. The highest BCUT2D eigenvalue weighted by Crippen LogP contribution is 2.24. The van der Waals surface area contributed by atoms with E-state index in [1.165, 1.54) is 32.1 Å². The maximum Gasteiger partial charge on any atom is 0.257 e. The van der Waals surface area contributed by atoms with E-state index in [1.807, 2.05) is 0 Å². The number of amides is 3. The van der Waals surface area contributed by atoms with Crippen molar-refractivity contribution in [3.05, 3.63) is 64.7 Å². The van der Waals surface area contributed by atoms with Crippen LogP contribution in [0.1, 0.15) is 65.7 Å². The molecule has 7 heteroatoms. The van der Waals surface area contributed by atoms with Crippen molar-refractivity contribution in [1.29, 1.82) is 0 Å². The van der Waals surface area contributed by atoms with E-state index in [9.17, 15) is 14.4 Å². The van der Waals surface area contributed by atoms with Crippen LogP contribution in [0.25, 0.3) is 0 Å². The lowest BCUT2D eigenvalue weighted by Crippen LogP contribution is -2.46. The summed E-state index contributed by atoms with van der Waals surface area (Å²) in [5, 5.41) is 6.32. The molecule has 1 unspecified atom stereocenters. The van der Waals surface area contributed by atoms with Crippen LogP contribution in [-0.2, 0) is 4.79 Å². The van der Waals surface area contributed by atoms with Gasteiger partial charge in [-0.3, -0.25) is 14.4 Å². The average Bonchev–Trinajstić information content (AvgIpc) is 2.88. The molecule has 1 aliphatic carbocycles. The van der Waals surface area contributed by atoms with Gasteiger partial charge in [0.2, 0.25) is 5.91 Å². The third kappa shape index (κ3) is 6.17. The molecule has 1 atom stereocenters. The molecule has 1 heterocycles. The van der Waals surface area contributed by atoms with E-state index in [0.717, 1.165) is 19.4 Å². The largest absolute Gasteiger partial charge is 0.356 e. The van der Waals surface area contributed by atoms with Gasteiger partial charge in [0.25, 0.3) is 11.8 Å². The van der Waals surface area contributed by atoms with Gasteiger partial charge in [-0.1, -0.05) is 49.1 Å². The summed E-state index contributed by atoms with van der Waals surface area (Å²) in [5.74, 6) is 0.0115. The van der Waals surface area contributed by atoms with Gasteiger partial charge in [-0.25, -0.2) is 0 Å². The Balaban J connectivity index is 1.35. The predicted octanol–water partition coefficient (Wildman–Crippen LogP) is 5.14. The normalized spacial score (nSPS) is 18.9. The van der Waals surface area contributed by atoms with Crippen LogP contribution >= 0.6 is 11.6 Å². The molecule has 2 aromatic carbocycles. The molecule has 4 rings (SSSR count). The van der Waals surface area contributed by atoms with E-state index >= 15 is 0 Å². The van der Waals surface area contributed by atoms with Crippen LogP contribution in [0.3, 0.4) is 0 Å². The number of rotatable bonds is 6. The second-order valence-electron chi connectivity index (χ2n) is 9.35. The lowest BCUT2D eigenvalue weighted by atomic mass is 9.89. The first-order valence-electron chi connectivity index (χ1n) is 12.2. The Bertz CT molecular complexity index is 1040. The summed E-state index contributed by atoms with van der Waals surface area (Å²) in [6.07, 6.45) is 7.80. The van der Waals surface area contributed by atoms with Crippen molar-refractivity contribution in [1.82, 2.24) is 10.2 Å². The van der Waals surface area contributed by atoms with Crippen LogP contribution in [0.15, 0.2) is 48.5 Å². The van der Waals surface area contributed by atoms with Crippen molar-refractivity contribution in [2.45, 2.75) is 44.9 Å². The highest BCUT2D eigenvalue weighted by atomic mass is 35.5. The minimum Gasteiger partial charge on any atom is -0.356 e. The lowest BCUT2D eigenvalue weighted by molar-refractivity contribution is -0.126. The minimum atomic E-state index is -0.331. The molecule has 6 nitrogen and oxygen atoms in total. The third-order valence-corrected chi connectivity index (χ3v) is 7.18. The number of nitrogens with one attached hydrogen (secondary N) is 2. The molecule has 0 aromatic heterocycles. The highest BCUT2D eigenvalue weighted by molar-refractivity contribution is 6.34. The van der Waals surface area contributed by atoms with Gasteiger partial charge in [-0.05, 0) is 61.9 Å². The van der Waals surface area contributed by atoms with Crippen molar-refractivity contribution in [3.63, 3.8) is 0 Å². The molecule has 2 aliphatic rings. The first-order chi connectivity index (χ1) is 16.5. The van der Waals surface area contributed by atoms with Crippen LogP contribution in [-0.4, -0.2) is 42.3 Å². The molecule has 180 valence electrons. The quantitative estimate of drug-likeness (QED) is 0.599. The second kappa shape index (κ2) is 11.5. The Morgan fingerprint density at radius 2 is 1.74 bits per heavy atom. The summed E-state index contributed by atoms with van der Waals surface area (Å²) >= 11 is 6.12.